The van der Waals surface area contributed by atoms with Gasteiger partial charge in [0, 0.05) is 0 Å². The molecule has 1 aromatic rings. The summed E-state index contributed by atoms with van der Waals surface area (Å²) >= 11 is 0. The molecule has 26 heavy (non-hydrogen) atoms. The third-order valence-electron chi connectivity index (χ3n) is 4.47. The molecule has 3 unspecified atom stereocenters. The summed E-state index contributed by atoms with van der Waals surface area (Å²) in [5, 5.41) is 0. The fraction of sp³-hybridized carbons (Fsp3) is 0.600. The van der Waals surface area contributed by atoms with E-state index >= 15 is 0 Å². The molecular formula is C20H26O6. The molecule has 6 heteroatoms. The summed E-state index contributed by atoms with van der Waals surface area (Å²) in [7, 11) is 0. The zero-order chi connectivity index (χ0) is 17.6. The van der Waals surface area contributed by atoms with Crippen molar-refractivity contribution in [2.45, 2.75) is 18.3 Å². The van der Waals surface area contributed by atoms with Crippen LogP contribution in [0.2, 0.25) is 0 Å². The van der Waals surface area contributed by atoms with Crippen LogP contribution < -0.4 is 0 Å². The van der Waals surface area contributed by atoms with Crippen LogP contribution in [0.1, 0.15) is 5.56 Å². The summed E-state index contributed by atoms with van der Waals surface area (Å²) in [6.07, 6.45) is 0.753. The maximum atomic E-state index is 5.89. The lowest BCUT2D eigenvalue weighted by Crippen LogP contribution is -2.15. The Bertz CT molecular complexity index is 570. The Morgan fingerprint density at radius 3 is 1.65 bits per heavy atom. The molecule has 0 radical (unpaired) electrons. The molecule has 3 aliphatic heterocycles. The first kappa shape index (κ1) is 18.1. The lowest BCUT2D eigenvalue weighted by molar-refractivity contribution is 0.101. The largest absolute Gasteiger partial charge is 0.374 e. The minimum absolute atomic E-state index is 0.250. The predicted octanol–water partition coefficient (Wildman–Crippen LogP) is 1.69. The first-order valence-electron chi connectivity index (χ1n) is 9.23. The third-order valence-corrected chi connectivity index (χ3v) is 4.47. The molecule has 0 aliphatic carbocycles. The number of ether oxygens (including phenoxy) is 6. The molecule has 0 N–H and O–H groups in total. The molecule has 3 fully saturated rings. The first-order chi connectivity index (χ1) is 12.9. The molecule has 0 amide bonds. The molecule has 3 saturated heterocycles. The van der Waals surface area contributed by atoms with Gasteiger partial charge < -0.3 is 28.4 Å². The van der Waals surface area contributed by atoms with Crippen molar-refractivity contribution >= 4 is 5.57 Å². The Morgan fingerprint density at radius 2 is 1.19 bits per heavy atom. The molecular weight excluding hydrogens is 336 g/mol. The number of epoxide rings is 3. The van der Waals surface area contributed by atoms with Gasteiger partial charge in [-0.1, -0.05) is 30.3 Å². The summed E-state index contributed by atoms with van der Waals surface area (Å²) in [5.41, 5.74) is 3.37. The molecule has 1 aromatic carbocycles. The van der Waals surface area contributed by atoms with Crippen molar-refractivity contribution in [3.8, 4) is 0 Å². The van der Waals surface area contributed by atoms with Crippen LogP contribution in [0.3, 0.4) is 0 Å². The van der Waals surface area contributed by atoms with Crippen LogP contribution >= 0.6 is 0 Å². The fourth-order valence-electron chi connectivity index (χ4n) is 2.66. The average molecular weight is 362 g/mol. The van der Waals surface area contributed by atoms with E-state index in [4.69, 9.17) is 28.4 Å². The van der Waals surface area contributed by atoms with Crippen molar-refractivity contribution in [3.63, 3.8) is 0 Å². The van der Waals surface area contributed by atoms with E-state index in [9.17, 15) is 0 Å². The van der Waals surface area contributed by atoms with Crippen LogP contribution in [0, 0.1) is 0 Å². The molecule has 4 rings (SSSR count). The smallest absolute Gasteiger partial charge is 0.104 e. The number of hydrogen-bond donors (Lipinski definition) is 0. The third kappa shape index (κ3) is 6.16. The lowest BCUT2D eigenvalue weighted by Gasteiger charge is -2.17. The van der Waals surface area contributed by atoms with Crippen LogP contribution in [-0.4, -0.2) is 77.8 Å². The van der Waals surface area contributed by atoms with Gasteiger partial charge in [0.25, 0.3) is 0 Å². The molecule has 3 heterocycles. The van der Waals surface area contributed by atoms with Gasteiger partial charge in [0.1, 0.15) is 18.3 Å². The zero-order valence-electron chi connectivity index (χ0n) is 14.9. The molecule has 0 bridgehead atoms. The maximum Gasteiger partial charge on any atom is 0.104 e. The van der Waals surface area contributed by atoms with Crippen molar-refractivity contribution in [2.24, 2.45) is 0 Å². The van der Waals surface area contributed by atoms with E-state index in [1.165, 1.54) is 0 Å². The molecule has 142 valence electrons. The highest BCUT2D eigenvalue weighted by molar-refractivity contribution is 5.69. The molecule has 6 nitrogen and oxygen atoms in total. The van der Waals surface area contributed by atoms with Crippen molar-refractivity contribution in [3.05, 3.63) is 41.5 Å². The van der Waals surface area contributed by atoms with E-state index in [-0.39, 0.29) is 18.3 Å². The Kier molecular flexibility index (Phi) is 6.32. The lowest BCUT2D eigenvalue weighted by atomic mass is 10.0. The summed E-state index contributed by atoms with van der Waals surface area (Å²) in [5.74, 6) is 0. The monoisotopic (exact) mass is 362 g/mol. The summed E-state index contributed by atoms with van der Waals surface area (Å²) in [6.45, 7) is 5.80. The Labute approximate surface area is 154 Å². The van der Waals surface area contributed by atoms with Gasteiger partial charge in [0.15, 0.2) is 0 Å². The van der Waals surface area contributed by atoms with Gasteiger partial charge in [-0.05, 0) is 16.7 Å². The molecule has 0 spiro atoms. The van der Waals surface area contributed by atoms with Gasteiger partial charge in [0.05, 0.1) is 59.5 Å². The van der Waals surface area contributed by atoms with E-state index in [0.29, 0.717) is 39.6 Å². The van der Waals surface area contributed by atoms with E-state index in [1.54, 1.807) is 0 Å². The van der Waals surface area contributed by atoms with Crippen molar-refractivity contribution in [1.29, 1.82) is 0 Å². The highest BCUT2D eigenvalue weighted by Gasteiger charge is 2.25. The topological polar surface area (TPSA) is 65.3 Å². The second kappa shape index (κ2) is 9.08. The Balaban J connectivity index is 1.43. The Morgan fingerprint density at radius 1 is 0.731 bits per heavy atom. The van der Waals surface area contributed by atoms with Gasteiger partial charge >= 0.3 is 0 Å². The molecule has 3 aliphatic rings. The molecule has 0 aromatic heterocycles. The highest BCUT2D eigenvalue weighted by Crippen LogP contribution is 2.22. The van der Waals surface area contributed by atoms with E-state index < -0.39 is 0 Å². The van der Waals surface area contributed by atoms with Crippen LogP contribution in [0.15, 0.2) is 35.9 Å². The first-order valence-corrected chi connectivity index (χ1v) is 9.23. The van der Waals surface area contributed by atoms with Crippen molar-refractivity contribution in [2.75, 3.05) is 59.5 Å². The standard InChI is InChI=1S/C20H26O6/c1-2-4-15(5-3-1)20(14-23-10-19-13-26-19)16(6-21-8-17-11-24-17)7-22-9-18-12-25-18/h1-5,17-19H,6-14H2. The zero-order valence-corrected chi connectivity index (χ0v) is 14.9. The summed E-state index contributed by atoms with van der Waals surface area (Å²) in [4.78, 5) is 0. The predicted molar refractivity (Wildman–Crippen MR) is 95.0 cm³/mol. The van der Waals surface area contributed by atoms with E-state index in [1.807, 2.05) is 18.2 Å². The quantitative estimate of drug-likeness (QED) is 0.498. The van der Waals surface area contributed by atoms with Crippen LogP contribution in [0.4, 0.5) is 0 Å². The van der Waals surface area contributed by atoms with Crippen LogP contribution in [0.25, 0.3) is 5.57 Å². The minimum atomic E-state index is 0.250. The highest BCUT2D eigenvalue weighted by atomic mass is 16.6. The molecule has 0 saturated carbocycles. The van der Waals surface area contributed by atoms with Gasteiger partial charge in [-0.15, -0.1) is 0 Å². The summed E-state index contributed by atoms with van der Waals surface area (Å²) < 4.78 is 33.3. The van der Waals surface area contributed by atoms with Crippen molar-refractivity contribution in [1.82, 2.24) is 0 Å². The van der Waals surface area contributed by atoms with Gasteiger partial charge in [-0.2, -0.15) is 0 Å². The second-order valence-electron chi connectivity index (χ2n) is 6.86. The van der Waals surface area contributed by atoms with Crippen molar-refractivity contribution < 1.29 is 28.4 Å². The number of hydrogen-bond acceptors (Lipinski definition) is 6. The van der Waals surface area contributed by atoms with Gasteiger partial charge in [-0.25, -0.2) is 0 Å². The van der Waals surface area contributed by atoms with E-state index in [2.05, 4.69) is 12.1 Å². The Hall–Kier alpha value is -1.28. The number of benzene rings is 1. The molecule has 3 atom stereocenters. The number of rotatable bonds is 13. The van der Waals surface area contributed by atoms with Gasteiger partial charge in [0.2, 0.25) is 0 Å². The van der Waals surface area contributed by atoms with Crippen LogP contribution in [-0.2, 0) is 28.4 Å². The second-order valence-corrected chi connectivity index (χ2v) is 6.86. The van der Waals surface area contributed by atoms with Gasteiger partial charge in [-0.3, -0.25) is 0 Å². The SMILES string of the molecule is c1ccc(C(COCC2CO2)=C(COCC2CO2)COCC2CO2)cc1. The van der Waals surface area contributed by atoms with Crippen LogP contribution in [0.5, 0.6) is 0 Å². The average Bonchev–Trinajstić information content (AvgIpc) is 3.51. The minimum Gasteiger partial charge on any atom is -0.374 e. The fourth-order valence-corrected chi connectivity index (χ4v) is 2.66. The van der Waals surface area contributed by atoms with E-state index in [0.717, 1.165) is 36.5 Å². The summed E-state index contributed by atoms with van der Waals surface area (Å²) in [6, 6.07) is 10.3. The normalized spacial score (nSPS) is 25.8. The maximum absolute atomic E-state index is 5.89.